The van der Waals surface area contributed by atoms with E-state index in [1.807, 2.05) is 0 Å². The first-order chi connectivity index (χ1) is 11.1. The van der Waals surface area contributed by atoms with E-state index in [0.29, 0.717) is 17.9 Å². The fourth-order valence-corrected chi connectivity index (χ4v) is 3.91. The van der Waals surface area contributed by atoms with Gasteiger partial charge < -0.3 is 10.4 Å². The van der Waals surface area contributed by atoms with Gasteiger partial charge in [-0.2, -0.15) is 4.72 Å². The van der Waals surface area contributed by atoms with Gasteiger partial charge in [0.2, 0.25) is 15.9 Å². The van der Waals surface area contributed by atoms with E-state index in [1.54, 1.807) is 0 Å². The number of carbonyl (C=O) groups is 2. The summed E-state index contributed by atoms with van der Waals surface area (Å²) in [5.41, 5.74) is -0.775. The van der Waals surface area contributed by atoms with E-state index in [2.05, 4.69) is 10.0 Å². The van der Waals surface area contributed by atoms with Crippen LogP contribution in [0, 0.1) is 0 Å². The summed E-state index contributed by atoms with van der Waals surface area (Å²) in [7, 11) is -3.87. The Balaban J connectivity index is 2.03. The number of hydrogen-bond donors (Lipinski definition) is 3. The summed E-state index contributed by atoms with van der Waals surface area (Å²) in [6, 6.07) is 4.53. The summed E-state index contributed by atoms with van der Waals surface area (Å²) < 4.78 is 26.8. The number of carboxylic acids is 1. The van der Waals surface area contributed by atoms with E-state index in [1.165, 1.54) is 31.2 Å². The zero-order chi connectivity index (χ0) is 18.0. The van der Waals surface area contributed by atoms with Crippen LogP contribution in [-0.4, -0.2) is 37.0 Å². The van der Waals surface area contributed by atoms with E-state index in [4.69, 9.17) is 16.7 Å². The van der Waals surface area contributed by atoms with Crippen molar-refractivity contribution in [2.45, 2.75) is 49.1 Å². The third-order valence-electron chi connectivity index (χ3n) is 4.04. The summed E-state index contributed by atoms with van der Waals surface area (Å²) in [4.78, 5) is 23.2. The quantitative estimate of drug-likeness (QED) is 0.669. The first kappa shape index (κ1) is 18.7. The molecule has 132 valence electrons. The van der Waals surface area contributed by atoms with Crippen molar-refractivity contribution in [3.8, 4) is 0 Å². The summed E-state index contributed by atoms with van der Waals surface area (Å²) >= 11 is 5.73. The molecule has 0 heterocycles. The lowest BCUT2D eigenvalue weighted by molar-refractivity contribution is -0.140. The molecule has 24 heavy (non-hydrogen) atoms. The first-order valence-electron chi connectivity index (χ1n) is 7.45. The zero-order valence-electron chi connectivity index (χ0n) is 13.1. The highest BCUT2D eigenvalue weighted by Gasteiger charge is 2.41. The molecule has 1 amide bonds. The molecule has 0 aromatic heterocycles. The van der Waals surface area contributed by atoms with E-state index in [9.17, 15) is 18.0 Å². The van der Waals surface area contributed by atoms with Crippen LogP contribution in [0.25, 0.3) is 0 Å². The average molecular weight is 375 g/mol. The minimum Gasteiger partial charge on any atom is -0.481 e. The van der Waals surface area contributed by atoms with Gasteiger partial charge in [-0.05, 0) is 50.5 Å². The Labute approximate surface area is 145 Å². The Kier molecular flexibility index (Phi) is 5.52. The molecule has 1 atom stereocenters. The van der Waals surface area contributed by atoms with Gasteiger partial charge in [-0.15, -0.1) is 0 Å². The second-order valence-electron chi connectivity index (χ2n) is 5.99. The van der Waals surface area contributed by atoms with Gasteiger partial charge in [-0.1, -0.05) is 11.6 Å². The molecule has 1 aromatic carbocycles. The number of benzene rings is 1. The molecule has 2 rings (SSSR count). The third kappa shape index (κ3) is 4.46. The van der Waals surface area contributed by atoms with Crippen LogP contribution in [0.4, 0.5) is 0 Å². The highest BCUT2D eigenvalue weighted by atomic mass is 35.5. The summed E-state index contributed by atoms with van der Waals surface area (Å²) in [5, 5.41) is 12.0. The lowest BCUT2D eigenvalue weighted by Gasteiger charge is -2.42. The summed E-state index contributed by atoms with van der Waals surface area (Å²) in [6.45, 7) is 1.41. The molecular weight excluding hydrogens is 356 g/mol. The molecule has 1 aliphatic carbocycles. The minimum absolute atomic E-state index is 0.00422. The molecular formula is C15H19ClN2O5S. The number of aliphatic carboxylic acids is 1. The SMILES string of the molecule is CC(NS(=O)(=O)c1ccc(Cl)cc1)C(=O)NC1(CC(=O)O)CCC1. The predicted octanol–water partition coefficient (Wildman–Crippen LogP) is 1.52. The van der Waals surface area contributed by atoms with E-state index >= 15 is 0 Å². The molecule has 1 aliphatic rings. The van der Waals surface area contributed by atoms with Crippen LogP contribution in [0.15, 0.2) is 29.2 Å². The monoisotopic (exact) mass is 374 g/mol. The molecule has 1 fully saturated rings. The lowest BCUT2D eigenvalue weighted by Crippen LogP contribution is -2.58. The fraction of sp³-hybridized carbons (Fsp3) is 0.467. The Hall–Kier alpha value is -1.64. The number of hydrogen-bond acceptors (Lipinski definition) is 4. The van der Waals surface area contributed by atoms with E-state index < -0.39 is 33.5 Å². The maximum absolute atomic E-state index is 12.3. The molecule has 0 spiro atoms. The Morgan fingerprint density at radius 3 is 2.33 bits per heavy atom. The van der Waals surface area contributed by atoms with Gasteiger partial charge in [-0.3, -0.25) is 9.59 Å². The Bertz CT molecular complexity index is 729. The van der Waals surface area contributed by atoms with Crippen LogP contribution in [0.5, 0.6) is 0 Å². The lowest BCUT2D eigenvalue weighted by atomic mass is 9.74. The molecule has 1 saturated carbocycles. The van der Waals surface area contributed by atoms with Gasteiger partial charge in [0.1, 0.15) is 0 Å². The van der Waals surface area contributed by atoms with Crippen molar-refractivity contribution in [1.82, 2.24) is 10.0 Å². The van der Waals surface area contributed by atoms with Crippen molar-refractivity contribution in [3.05, 3.63) is 29.3 Å². The largest absolute Gasteiger partial charge is 0.481 e. The smallest absolute Gasteiger partial charge is 0.305 e. The highest BCUT2D eigenvalue weighted by molar-refractivity contribution is 7.89. The van der Waals surface area contributed by atoms with Crippen molar-refractivity contribution in [2.24, 2.45) is 0 Å². The van der Waals surface area contributed by atoms with Crippen molar-refractivity contribution in [2.75, 3.05) is 0 Å². The van der Waals surface area contributed by atoms with Crippen molar-refractivity contribution in [1.29, 1.82) is 0 Å². The second kappa shape index (κ2) is 7.08. The molecule has 1 aromatic rings. The molecule has 3 N–H and O–H groups in total. The number of rotatable bonds is 7. The van der Waals surface area contributed by atoms with Crippen LogP contribution >= 0.6 is 11.6 Å². The summed E-state index contributed by atoms with van der Waals surface area (Å²) in [5.74, 6) is -1.54. The highest BCUT2D eigenvalue weighted by Crippen LogP contribution is 2.35. The number of sulfonamides is 1. The van der Waals surface area contributed by atoms with Gasteiger partial charge in [0.05, 0.1) is 22.9 Å². The standard InChI is InChI=1S/C15H19ClN2O5S/c1-10(14(21)17-15(7-2-8-15)9-13(19)20)18-24(22,23)12-5-3-11(16)4-6-12/h3-6,10,18H,2,7-9H2,1H3,(H,17,21)(H,19,20). The van der Waals surface area contributed by atoms with Gasteiger partial charge in [0.15, 0.2) is 0 Å². The van der Waals surface area contributed by atoms with E-state index in [-0.39, 0.29) is 11.3 Å². The number of amides is 1. The normalized spacial score (nSPS) is 17.6. The average Bonchev–Trinajstić information content (AvgIpc) is 2.44. The van der Waals surface area contributed by atoms with Crippen LogP contribution in [-0.2, 0) is 19.6 Å². The predicted molar refractivity (Wildman–Crippen MR) is 88.2 cm³/mol. The maximum atomic E-state index is 12.3. The van der Waals surface area contributed by atoms with Crippen LogP contribution in [0.1, 0.15) is 32.6 Å². The zero-order valence-corrected chi connectivity index (χ0v) is 14.7. The first-order valence-corrected chi connectivity index (χ1v) is 9.31. The van der Waals surface area contributed by atoms with Gasteiger partial charge in [0, 0.05) is 5.02 Å². The van der Waals surface area contributed by atoms with Gasteiger partial charge in [-0.25, -0.2) is 8.42 Å². The van der Waals surface area contributed by atoms with Crippen molar-refractivity contribution in [3.63, 3.8) is 0 Å². The molecule has 0 aliphatic heterocycles. The van der Waals surface area contributed by atoms with Crippen molar-refractivity contribution < 1.29 is 23.1 Å². The maximum Gasteiger partial charge on any atom is 0.305 e. The molecule has 1 unspecified atom stereocenters. The number of nitrogens with one attached hydrogen (secondary N) is 2. The molecule has 0 bridgehead atoms. The van der Waals surface area contributed by atoms with Crippen molar-refractivity contribution >= 4 is 33.5 Å². The number of carbonyl (C=O) groups excluding carboxylic acids is 1. The molecule has 0 saturated heterocycles. The van der Waals surface area contributed by atoms with E-state index in [0.717, 1.165) is 6.42 Å². The second-order valence-corrected chi connectivity index (χ2v) is 8.14. The number of halogens is 1. The molecule has 7 nitrogen and oxygen atoms in total. The minimum atomic E-state index is -3.87. The molecule has 9 heteroatoms. The Morgan fingerprint density at radius 2 is 1.88 bits per heavy atom. The third-order valence-corrected chi connectivity index (χ3v) is 5.85. The van der Waals surface area contributed by atoms with Crippen LogP contribution in [0.2, 0.25) is 5.02 Å². The van der Waals surface area contributed by atoms with Crippen LogP contribution in [0.3, 0.4) is 0 Å². The topological polar surface area (TPSA) is 113 Å². The Morgan fingerprint density at radius 1 is 1.29 bits per heavy atom. The summed E-state index contributed by atoms with van der Waals surface area (Å²) in [6.07, 6.45) is 1.80. The van der Waals surface area contributed by atoms with Crippen LogP contribution < -0.4 is 10.0 Å². The van der Waals surface area contributed by atoms with Gasteiger partial charge in [0.25, 0.3) is 0 Å². The molecule has 0 radical (unpaired) electrons. The fourth-order valence-electron chi connectivity index (χ4n) is 2.58. The van der Waals surface area contributed by atoms with Gasteiger partial charge >= 0.3 is 5.97 Å². The number of carboxylic acid groups (broad SMARTS) is 1.